The molecule has 0 radical (unpaired) electrons. The molecule has 2 aromatic carbocycles. The van der Waals surface area contributed by atoms with Crippen molar-refractivity contribution in [2.24, 2.45) is 0 Å². The van der Waals surface area contributed by atoms with Crippen LogP contribution in [0, 0.1) is 11.8 Å². The van der Waals surface area contributed by atoms with E-state index in [-0.39, 0.29) is 5.91 Å². The quantitative estimate of drug-likeness (QED) is 0.869. The van der Waals surface area contributed by atoms with Gasteiger partial charge in [-0.3, -0.25) is 4.79 Å². The number of methoxy groups -OCH3 is 1. The molecule has 0 heterocycles. The van der Waals surface area contributed by atoms with Gasteiger partial charge in [0, 0.05) is 15.6 Å². The third-order valence-corrected chi connectivity index (χ3v) is 3.30. The Morgan fingerprint density at radius 1 is 1.14 bits per heavy atom. The lowest BCUT2D eigenvalue weighted by Gasteiger charge is -2.01. The fraction of sp³-hybridized carbons (Fsp3) is 0.118. The van der Waals surface area contributed by atoms with E-state index in [2.05, 4.69) is 33.1 Å². The first-order valence-corrected chi connectivity index (χ1v) is 7.15. The van der Waals surface area contributed by atoms with Gasteiger partial charge in [0.1, 0.15) is 5.75 Å². The van der Waals surface area contributed by atoms with E-state index in [4.69, 9.17) is 4.74 Å². The van der Waals surface area contributed by atoms with Gasteiger partial charge in [-0.15, -0.1) is 0 Å². The highest BCUT2D eigenvalue weighted by atomic mass is 79.9. The van der Waals surface area contributed by atoms with Gasteiger partial charge in [-0.2, -0.15) is 0 Å². The van der Waals surface area contributed by atoms with Crippen LogP contribution in [0.2, 0.25) is 0 Å². The van der Waals surface area contributed by atoms with Gasteiger partial charge in [0.2, 0.25) is 0 Å². The van der Waals surface area contributed by atoms with Crippen molar-refractivity contribution in [3.8, 4) is 17.6 Å². The summed E-state index contributed by atoms with van der Waals surface area (Å²) in [5.41, 5.74) is 1.50. The van der Waals surface area contributed by atoms with Gasteiger partial charge in [0.15, 0.2) is 0 Å². The second-order valence-electron chi connectivity index (χ2n) is 4.22. The van der Waals surface area contributed by atoms with Crippen molar-refractivity contribution in [1.82, 2.24) is 5.32 Å². The van der Waals surface area contributed by atoms with Gasteiger partial charge in [-0.05, 0) is 48.5 Å². The largest absolute Gasteiger partial charge is 0.497 e. The summed E-state index contributed by atoms with van der Waals surface area (Å²) in [6.45, 7) is 0.306. The number of nitrogens with one attached hydrogen (secondary N) is 1. The molecule has 2 aromatic rings. The number of carbonyl (C=O) groups excluding carboxylic acids is 1. The topological polar surface area (TPSA) is 38.3 Å². The van der Waals surface area contributed by atoms with E-state index < -0.39 is 0 Å². The minimum atomic E-state index is -0.133. The number of carbonyl (C=O) groups is 1. The molecule has 21 heavy (non-hydrogen) atoms. The summed E-state index contributed by atoms with van der Waals surface area (Å²) < 4.78 is 6.02. The zero-order valence-corrected chi connectivity index (χ0v) is 13.1. The van der Waals surface area contributed by atoms with Crippen LogP contribution < -0.4 is 10.1 Å². The Bertz CT molecular complexity index is 667. The van der Waals surface area contributed by atoms with Crippen molar-refractivity contribution in [1.29, 1.82) is 0 Å². The monoisotopic (exact) mass is 343 g/mol. The van der Waals surface area contributed by atoms with E-state index in [0.29, 0.717) is 12.1 Å². The third kappa shape index (κ3) is 4.66. The van der Waals surface area contributed by atoms with Crippen molar-refractivity contribution in [2.75, 3.05) is 13.7 Å². The molecule has 4 heteroatoms. The van der Waals surface area contributed by atoms with Crippen LogP contribution in [0.15, 0.2) is 53.0 Å². The number of hydrogen-bond acceptors (Lipinski definition) is 2. The molecule has 0 saturated heterocycles. The molecular formula is C17H14BrNO2. The molecule has 3 nitrogen and oxygen atoms in total. The average Bonchev–Trinajstić information content (AvgIpc) is 2.52. The van der Waals surface area contributed by atoms with Gasteiger partial charge >= 0.3 is 0 Å². The number of rotatable bonds is 3. The number of hydrogen-bond donors (Lipinski definition) is 1. The molecule has 0 aliphatic rings. The van der Waals surface area contributed by atoms with E-state index in [9.17, 15) is 4.79 Å². The summed E-state index contributed by atoms with van der Waals surface area (Å²) in [4.78, 5) is 11.8. The van der Waals surface area contributed by atoms with Crippen LogP contribution in [0.25, 0.3) is 0 Å². The third-order valence-electron chi connectivity index (χ3n) is 2.77. The average molecular weight is 344 g/mol. The molecule has 0 atom stereocenters. The predicted molar refractivity (Wildman–Crippen MR) is 86.3 cm³/mol. The van der Waals surface area contributed by atoms with Gasteiger partial charge < -0.3 is 10.1 Å². The Morgan fingerprint density at radius 3 is 2.43 bits per heavy atom. The first-order chi connectivity index (χ1) is 10.2. The van der Waals surface area contributed by atoms with Crippen molar-refractivity contribution in [2.45, 2.75) is 0 Å². The Hall–Kier alpha value is -2.25. The molecule has 1 N–H and O–H groups in total. The molecule has 0 bridgehead atoms. The lowest BCUT2D eigenvalue weighted by Crippen LogP contribution is -2.23. The van der Waals surface area contributed by atoms with Crippen LogP contribution in [0.3, 0.4) is 0 Å². The molecule has 1 amide bonds. The highest BCUT2D eigenvalue weighted by molar-refractivity contribution is 9.10. The van der Waals surface area contributed by atoms with E-state index in [1.54, 1.807) is 19.2 Å². The molecule has 0 aliphatic heterocycles. The highest BCUT2D eigenvalue weighted by Crippen LogP contribution is 2.11. The Kier molecular flexibility index (Phi) is 5.42. The zero-order valence-electron chi connectivity index (χ0n) is 11.5. The fourth-order valence-electron chi connectivity index (χ4n) is 1.65. The summed E-state index contributed by atoms with van der Waals surface area (Å²) in [5.74, 6) is 6.57. The Morgan fingerprint density at radius 2 is 1.81 bits per heavy atom. The van der Waals surface area contributed by atoms with E-state index in [1.807, 2.05) is 36.4 Å². The SMILES string of the molecule is COc1ccc(C#CCNC(=O)c2ccc(Br)cc2)cc1. The number of amides is 1. The van der Waals surface area contributed by atoms with Gasteiger partial charge in [-0.25, -0.2) is 0 Å². The fourth-order valence-corrected chi connectivity index (χ4v) is 1.91. The Labute approximate surface area is 132 Å². The molecule has 0 aromatic heterocycles. The maximum Gasteiger partial charge on any atom is 0.252 e. The van der Waals surface area contributed by atoms with Gasteiger partial charge in [0.25, 0.3) is 5.91 Å². The summed E-state index contributed by atoms with van der Waals surface area (Å²) >= 11 is 3.33. The second kappa shape index (κ2) is 7.51. The van der Waals surface area contributed by atoms with Crippen LogP contribution in [-0.2, 0) is 0 Å². The second-order valence-corrected chi connectivity index (χ2v) is 5.14. The summed E-state index contributed by atoms with van der Waals surface area (Å²) in [6.07, 6.45) is 0. The molecule has 0 spiro atoms. The lowest BCUT2D eigenvalue weighted by molar-refractivity contribution is 0.0958. The zero-order chi connectivity index (χ0) is 15.1. The van der Waals surface area contributed by atoms with Crippen LogP contribution in [0.1, 0.15) is 15.9 Å². The minimum Gasteiger partial charge on any atom is -0.497 e. The minimum absolute atomic E-state index is 0.133. The molecule has 2 rings (SSSR count). The van der Waals surface area contributed by atoms with Crippen molar-refractivity contribution >= 4 is 21.8 Å². The van der Waals surface area contributed by atoms with Crippen LogP contribution in [0.4, 0.5) is 0 Å². The van der Waals surface area contributed by atoms with E-state index >= 15 is 0 Å². The summed E-state index contributed by atoms with van der Waals surface area (Å²) in [5, 5.41) is 2.76. The maximum absolute atomic E-state index is 11.8. The highest BCUT2D eigenvalue weighted by Gasteiger charge is 2.02. The lowest BCUT2D eigenvalue weighted by atomic mass is 10.2. The van der Waals surface area contributed by atoms with Crippen LogP contribution in [0.5, 0.6) is 5.75 Å². The summed E-state index contributed by atoms with van der Waals surface area (Å²) in [6, 6.07) is 14.6. The number of halogens is 1. The number of benzene rings is 2. The van der Waals surface area contributed by atoms with Gasteiger partial charge in [0.05, 0.1) is 13.7 Å². The Balaban J connectivity index is 1.87. The van der Waals surface area contributed by atoms with Gasteiger partial charge in [-0.1, -0.05) is 27.8 Å². The maximum atomic E-state index is 11.8. The van der Waals surface area contributed by atoms with E-state index in [1.165, 1.54) is 0 Å². The molecule has 0 unspecified atom stereocenters. The first kappa shape index (κ1) is 15.1. The molecule has 106 valence electrons. The molecular weight excluding hydrogens is 330 g/mol. The smallest absolute Gasteiger partial charge is 0.252 e. The van der Waals surface area contributed by atoms with Crippen molar-refractivity contribution in [3.05, 3.63) is 64.1 Å². The number of ether oxygens (including phenoxy) is 1. The normalized spacial score (nSPS) is 9.43. The van der Waals surface area contributed by atoms with Crippen LogP contribution in [-0.4, -0.2) is 19.6 Å². The summed E-state index contributed by atoms with van der Waals surface area (Å²) in [7, 11) is 1.62. The first-order valence-electron chi connectivity index (χ1n) is 6.36. The molecule has 0 saturated carbocycles. The molecule has 0 fully saturated rings. The predicted octanol–water partition coefficient (Wildman–Crippen LogP) is 3.24. The van der Waals surface area contributed by atoms with Crippen LogP contribution >= 0.6 is 15.9 Å². The molecule has 0 aliphatic carbocycles. The van der Waals surface area contributed by atoms with E-state index in [0.717, 1.165) is 15.8 Å². The van der Waals surface area contributed by atoms with Crippen molar-refractivity contribution in [3.63, 3.8) is 0 Å². The van der Waals surface area contributed by atoms with Crippen molar-refractivity contribution < 1.29 is 9.53 Å². The standard InChI is InChI=1S/C17H14BrNO2/c1-21-16-10-4-13(5-11-16)3-2-12-19-17(20)14-6-8-15(18)9-7-14/h4-11H,12H2,1H3,(H,19,20).